The van der Waals surface area contributed by atoms with Crippen molar-refractivity contribution in [2.24, 2.45) is 0 Å². The first kappa shape index (κ1) is 16.6. The molecule has 1 rings (SSSR count). The van der Waals surface area contributed by atoms with E-state index in [1.807, 2.05) is 0 Å². The van der Waals surface area contributed by atoms with Crippen molar-refractivity contribution in [2.45, 2.75) is 37.8 Å². The number of carbonyl (C=O) groups excluding carboxylic acids is 2. The number of carboxylic acid groups (broad SMARTS) is 1. The van der Waals surface area contributed by atoms with Gasteiger partial charge in [-0.15, -0.1) is 0 Å². The molecule has 1 unspecified atom stereocenters. The van der Waals surface area contributed by atoms with Gasteiger partial charge < -0.3 is 20.5 Å². The van der Waals surface area contributed by atoms with Crippen LogP contribution in [0.3, 0.4) is 0 Å². The van der Waals surface area contributed by atoms with Crippen LogP contribution in [0.15, 0.2) is 0 Å². The van der Waals surface area contributed by atoms with Crippen molar-refractivity contribution in [1.82, 2.24) is 10.6 Å². The minimum atomic E-state index is -1.16. The van der Waals surface area contributed by atoms with Gasteiger partial charge in [0.1, 0.15) is 6.04 Å². The van der Waals surface area contributed by atoms with E-state index in [0.717, 1.165) is 24.3 Å². The Morgan fingerprint density at radius 3 is 2.75 bits per heavy atom. The molecule has 0 aromatic carbocycles. The molecule has 0 bridgehead atoms. The molecule has 0 spiro atoms. The summed E-state index contributed by atoms with van der Waals surface area (Å²) in [5, 5.41) is 14.1. The fraction of sp³-hybridized carbons (Fsp3) is 0.750. The van der Waals surface area contributed by atoms with Gasteiger partial charge in [0.15, 0.2) is 0 Å². The van der Waals surface area contributed by atoms with E-state index in [1.54, 1.807) is 11.8 Å². The molecular weight excluding hydrogens is 284 g/mol. The maximum atomic E-state index is 11.7. The average Bonchev–Trinajstić information content (AvgIpc) is 2.43. The van der Waals surface area contributed by atoms with Crippen molar-refractivity contribution >= 4 is 29.7 Å². The lowest BCUT2D eigenvalue weighted by Gasteiger charge is -2.23. The molecule has 0 aromatic rings. The Morgan fingerprint density at radius 2 is 2.20 bits per heavy atom. The number of hydrogen-bond acceptors (Lipinski definition) is 5. The minimum Gasteiger partial charge on any atom is -0.480 e. The average molecular weight is 304 g/mol. The zero-order chi connectivity index (χ0) is 15.0. The number of aliphatic carboxylic acids is 1. The highest BCUT2D eigenvalue weighted by molar-refractivity contribution is 7.99. The quantitative estimate of drug-likeness (QED) is 0.620. The number of amides is 2. The molecule has 1 saturated heterocycles. The first-order chi connectivity index (χ1) is 9.52. The van der Waals surface area contributed by atoms with Crippen LogP contribution < -0.4 is 10.6 Å². The van der Waals surface area contributed by atoms with Gasteiger partial charge in [-0.1, -0.05) is 0 Å². The van der Waals surface area contributed by atoms with E-state index in [1.165, 1.54) is 7.11 Å². The monoisotopic (exact) mass is 304 g/mol. The van der Waals surface area contributed by atoms with Crippen molar-refractivity contribution in [1.29, 1.82) is 0 Å². The Kier molecular flexibility index (Phi) is 7.21. The molecule has 2 atom stereocenters. The van der Waals surface area contributed by atoms with E-state index in [9.17, 15) is 14.4 Å². The van der Waals surface area contributed by atoms with Gasteiger partial charge in [0.05, 0.1) is 7.11 Å². The molecule has 2 amide bonds. The number of nitrogens with one attached hydrogen (secondary N) is 2. The highest BCUT2D eigenvalue weighted by Crippen LogP contribution is 2.16. The van der Waals surface area contributed by atoms with E-state index in [2.05, 4.69) is 15.4 Å². The molecule has 0 aromatic heterocycles. The van der Waals surface area contributed by atoms with Gasteiger partial charge in [0, 0.05) is 18.2 Å². The van der Waals surface area contributed by atoms with Crippen molar-refractivity contribution in [3.63, 3.8) is 0 Å². The third-order valence-electron chi connectivity index (χ3n) is 2.96. The topological polar surface area (TPSA) is 105 Å². The molecule has 8 heteroatoms. The molecular formula is C12H20N2O5S. The van der Waals surface area contributed by atoms with Gasteiger partial charge in [-0.25, -0.2) is 9.59 Å². The number of carboxylic acids is 1. The van der Waals surface area contributed by atoms with Crippen LogP contribution in [0.1, 0.15) is 25.7 Å². The van der Waals surface area contributed by atoms with Crippen LogP contribution in [0.4, 0.5) is 4.79 Å². The first-order valence-corrected chi connectivity index (χ1v) is 7.62. The highest BCUT2D eigenvalue weighted by Gasteiger charge is 2.23. The molecule has 20 heavy (non-hydrogen) atoms. The molecule has 1 heterocycles. The van der Waals surface area contributed by atoms with Crippen molar-refractivity contribution < 1.29 is 24.2 Å². The number of rotatable bonds is 6. The Morgan fingerprint density at radius 1 is 1.45 bits per heavy atom. The van der Waals surface area contributed by atoms with Crippen molar-refractivity contribution in [2.75, 3.05) is 18.6 Å². The lowest BCUT2D eigenvalue weighted by atomic mass is 10.1. The summed E-state index contributed by atoms with van der Waals surface area (Å²) in [7, 11) is 1.24. The summed E-state index contributed by atoms with van der Waals surface area (Å²) in [5.41, 5.74) is 0. The zero-order valence-corrected chi connectivity index (χ0v) is 12.2. The molecule has 1 fully saturated rings. The van der Waals surface area contributed by atoms with E-state index >= 15 is 0 Å². The van der Waals surface area contributed by atoms with Crippen LogP contribution in [0.2, 0.25) is 0 Å². The van der Waals surface area contributed by atoms with E-state index < -0.39 is 24.0 Å². The van der Waals surface area contributed by atoms with Crippen LogP contribution in [-0.4, -0.2) is 53.8 Å². The number of methoxy groups -OCH3 is 1. The summed E-state index contributed by atoms with van der Waals surface area (Å²) >= 11 is 1.77. The van der Waals surface area contributed by atoms with Gasteiger partial charge in [0.25, 0.3) is 0 Å². The fourth-order valence-corrected chi connectivity index (χ4v) is 2.93. The highest BCUT2D eigenvalue weighted by atomic mass is 32.2. The Hall–Kier alpha value is -1.44. The fourth-order valence-electron chi connectivity index (χ4n) is 1.86. The second-order valence-corrected chi connectivity index (χ2v) is 5.69. The largest absolute Gasteiger partial charge is 0.480 e. The van der Waals surface area contributed by atoms with E-state index in [0.29, 0.717) is 0 Å². The summed E-state index contributed by atoms with van der Waals surface area (Å²) < 4.78 is 4.44. The summed E-state index contributed by atoms with van der Waals surface area (Å²) in [6.07, 6.45) is 1.91. The predicted octanol–water partition coefficient (Wildman–Crippen LogP) is 0.588. The Labute approximate surface area is 121 Å². The maximum absolute atomic E-state index is 11.7. The van der Waals surface area contributed by atoms with Gasteiger partial charge in [-0.05, 0) is 25.0 Å². The van der Waals surface area contributed by atoms with Crippen LogP contribution in [0.5, 0.6) is 0 Å². The molecule has 7 nitrogen and oxygen atoms in total. The van der Waals surface area contributed by atoms with Crippen LogP contribution >= 0.6 is 11.8 Å². The summed E-state index contributed by atoms with van der Waals surface area (Å²) in [5.74, 6) is 0.272. The van der Waals surface area contributed by atoms with Gasteiger partial charge in [-0.3, -0.25) is 4.79 Å². The second-order valence-electron chi connectivity index (χ2n) is 4.54. The van der Waals surface area contributed by atoms with Crippen molar-refractivity contribution in [3.8, 4) is 0 Å². The first-order valence-electron chi connectivity index (χ1n) is 6.47. The molecule has 114 valence electrons. The van der Waals surface area contributed by atoms with E-state index in [4.69, 9.17) is 5.11 Å². The third-order valence-corrected chi connectivity index (χ3v) is 4.18. The number of hydrogen-bond donors (Lipinski definition) is 3. The van der Waals surface area contributed by atoms with Gasteiger partial charge in [-0.2, -0.15) is 11.8 Å². The normalized spacial score (nSPS) is 19.8. The molecule has 3 N–H and O–H groups in total. The lowest BCUT2D eigenvalue weighted by molar-refractivity contribution is -0.142. The van der Waals surface area contributed by atoms with Crippen molar-refractivity contribution in [3.05, 3.63) is 0 Å². The summed E-state index contributed by atoms with van der Waals surface area (Å²) in [4.78, 5) is 33.8. The van der Waals surface area contributed by atoms with Crippen LogP contribution in [0.25, 0.3) is 0 Å². The molecule has 0 saturated carbocycles. The smallest absolute Gasteiger partial charge is 0.326 e. The zero-order valence-electron chi connectivity index (χ0n) is 11.4. The Bertz CT molecular complexity index is 358. The number of esters is 1. The van der Waals surface area contributed by atoms with Gasteiger partial charge >= 0.3 is 18.0 Å². The molecule has 0 aliphatic carbocycles. The standard InChI is InChI=1S/C12H20N2O5S/c1-19-10(15)5-4-9(11(16)17)14-12(18)13-8-3-2-6-20-7-8/h8-9H,2-7H2,1H3,(H,16,17)(H2,13,14,18)/t8?,9-/m1/s1. The third kappa shape index (κ3) is 6.14. The number of urea groups is 1. The molecule has 0 radical (unpaired) electrons. The number of ether oxygens (including phenoxy) is 1. The van der Waals surface area contributed by atoms with E-state index in [-0.39, 0.29) is 18.9 Å². The van der Waals surface area contributed by atoms with Gasteiger partial charge in [0.2, 0.25) is 0 Å². The minimum absolute atomic E-state index is 0.00877. The summed E-state index contributed by atoms with van der Waals surface area (Å²) in [6, 6.07) is -1.52. The van der Waals surface area contributed by atoms with Crippen LogP contribution in [-0.2, 0) is 14.3 Å². The number of carbonyl (C=O) groups is 3. The molecule has 1 aliphatic heterocycles. The predicted molar refractivity (Wildman–Crippen MR) is 74.7 cm³/mol. The maximum Gasteiger partial charge on any atom is 0.326 e. The summed E-state index contributed by atoms with van der Waals surface area (Å²) in [6.45, 7) is 0. The Balaban J connectivity index is 2.37. The molecule has 1 aliphatic rings. The number of thioether (sulfide) groups is 1. The SMILES string of the molecule is COC(=O)CC[C@@H](NC(=O)NC1CCCSC1)C(=O)O. The second kappa shape index (κ2) is 8.68. The van der Waals surface area contributed by atoms with Crippen LogP contribution in [0, 0.1) is 0 Å². The lowest BCUT2D eigenvalue weighted by Crippen LogP contribution is -2.50.